The van der Waals surface area contributed by atoms with Crippen LogP contribution < -0.4 is 9.47 Å². The summed E-state index contributed by atoms with van der Waals surface area (Å²) in [6.07, 6.45) is -46.9. The van der Waals surface area contributed by atoms with Gasteiger partial charge in [0.15, 0.2) is 0 Å². The van der Waals surface area contributed by atoms with E-state index in [1.165, 1.54) is 36.4 Å². The van der Waals surface area contributed by atoms with Crippen LogP contribution in [0.2, 0.25) is 0 Å². The number of aromatic nitrogens is 6. The molecule has 126 heavy (non-hydrogen) atoms. The molecule has 0 aliphatic rings. The molecule has 11 nitrogen and oxygen atoms in total. The molecular weight excluding hydrogens is 2250 g/mol. The maximum atomic E-state index is 14.3. The number of halogens is 24. The first kappa shape index (κ1) is 91.6. The molecule has 38 heteroatoms. The van der Waals surface area contributed by atoms with Crippen molar-refractivity contribution in [1.29, 1.82) is 0 Å². The van der Waals surface area contributed by atoms with Crippen molar-refractivity contribution >= 4 is 97.5 Å². The zero-order valence-electron chi connectivity index (χ0n) is 62.5. The molecule has 0 N–H and O–H groups in total. The molecule has 0 spiro atoms. The van der Waals surface area contributed by atoms with Gasteiger partial charge in [-0.25, -0.2) is 0 Å². The van der Waals surface area contributed by atoms with Crippen LogP contribution in [0.3, 0.4) is 0 Å². The number of nitrogens with zero attached hydrogens (tertiary/aromatic N) is 6. The van der Waals surface area contributed by atoms with Crippen LogP contribution in [0.15, 0.2) is 226 Å². The summed E-state index contributed by atoms with van der Waals surface area (Å²) in [6.45, 7) is 0.622. The maximum absolute atomic E-state index is 14.3. The van der Waals surface area contributed by atoms with Crippen molar-refractivity contribution < 1.29 is 188 Å². The standard InChI is InChI=1S/C31H13F12N2O2.C30H14F9N2O2.C27H14F3N2O.3Ir/c1-13-21(28(32,33)34)22(29(35,36)37)23(30(38,39)40)24(31(41,42)43)26(13)47-27-18-11-15-7-3-2-6-14(15)10-17(18)25(44-45-27)20-12-16-8-4-5-9-19(16)46-20;1-14-24(30(37,38)39)20(28(31,32)33)13-21(29(34,35)36)26(14)43-27-19-11-16-7-3-2-6-15(16)10-18(19)25(40-41-27)23-12-17-8-4-5-9-22(17)42-23;28-27(29,30)20-11-9-16(10-12-20)25-21-13-17-5-1-2-6-18(17)14-22(21)26(32-31-25)24-15-19-7-3-4-8-23(19)33-24;;;/h2-11H,1H3;2-11,13H,1H3;1-14H;;;/q3*-1;;;. The van der Waals surface area contributed by atoms with E-state index in [9.17, 15) is 105 Å². The normalized spacial score (nSPS) is 12.5. The Morgan fingerprint density at radius 1 is 0.262 bits per heavy atom. The number of para-hydroxylation sites is 3. The molecule has 0 fully saturated rings. The Morgan fingerprint density at radius 3 is 0.881 bits per heavy atom. The molecule has 0 amide bonds. The Morgan fingerprint density at radius 2 is 0.548 bits per heavy atom. The van der Waals surface area contributed by atoms with Gasteiger partial charge in [0, 0.05) is 110 Å². The second-order valence-corrected chi connectivity index (χ2v) is 27.5. The molecule has 3 radical (unpaired) electrons. The van der Waals surface area contributed by atoms with Crippen molar-refractivity contribution in [3.05, 3.63) is 286 Å². The summed E-state index contributed by atoms with van der Waals surface area (Å²) in [5.74, 6) is -4.82. The van der Waals surface area contributed by atoms with Gasteiger partial charge in [0.1, 0.15) is 17.1 Å². The van der Waals surface area contributed by atoms with Gasteiger partial charge in [-0.05, 0) is 98.7 Å². The van der Waals surface area contributed by atoms with E-state index in [0.29, 0.717) is 78.7 Å². The Hall–Kier alpha value is -12.1. The molecule has 6 heterocycles. The average Bonchev–Trinajstić information content (AvgIpc) is 0.806. The fourth-order valence-corrected chi connectivity index (χ4v) is 14.3. The molecule has 0 unspecified atom stereocenters. The average molecular weight is 2290 g/mol. The van der Waals surface area contributed by atoms with Crippen molar-refractivity contribution in [3.8, 4) is 68.9 Å². The van der Waals surface area contributed by atoms with Gasteiger partial charge in [0.05, 0.1) is 79.0 Å². The third-order valence-corrected chi connectivity index (χ3v) is 19.7. The molecule has 6 aromatic heterocycles. The predicted molar refractivity (Wildman–Crippen MR) is 401 cm³/mol. The number of fused-ring (bicyclic) bond motifs is 9. The number of hydrogen-bond acceptors (Lipinski definition) is 11. The molecule has 0 bridgehead atoms. The second kappa shape index (κ2) is 33.7. The van der Waals surface area contributed by atoms with E-state index < -0.39 is 134 Å². The van der Waals surface area contributed by atoms with E-state index in [1.54, 1.807) is 97.1 Å². The minimum absolute atomic E-state index is 0. The smallest absolute Gasteiger partial charge is 0.420 e. The summed E-state index contributed by atoms with van der Waals surface area (Å²) in [7, 11) is 0. The van der Waals surface area contributed by atoms with E-state index >= 15 is 0 Å². The van der Waals surface area contributed by atoms with Crippen LogP contribution in [0.4, 0.5) is 105 Å². The molecule has 651 valence electrons. The topological polar surface area (TPSA) is 135 Å². The van der Waals surface area contributed by atoms with Crippen molar-refractivity contribution in [2.45, 2.75) is 63.3 Å². The Kier molecular flexibility index (Phi) is 24.5. The number of furan rings is 3. The first-order valence-corrected chi connectivity index (χ1v) is 35.6. The maximum Gasteiger partial charge on any atom is 0.420 e. The number of rotatable bonds is 8. The summed E-state index contributed by atoms with van der Waals surface area (Å²) in [5.41, 5.74) is -21.1. The number of alkyl halides is 24. The third kappa shape index (κ3) is 17.7. The Labute approximate surface area is 730 Å². The van der Waals surface area contributed by atoms with Gasteiger partial charge in [-0.3, -0.25) is 0 Å². The van der Waals surface area contributed by atoms with Gasteiger partial charge in [0.25, 0.3) is 0 Å². The van der Waals surface area contributed by atoms with Crippen LogP contribution in [0, 0.1) is 32.0 Å². The van der Waals surface area contributed by atoms with Gasteiger partial charge in [-0.15, -0.1) is 62.8 Å². The number of hydrogen-bond donors (Lipinski definition) is 0. The van der Waals surface area contributed by atoms with Crippen molar-refractivity contribution in [2.75, 3.05) is 0 Å². The fraction of sp³-hybridized carbons (Fsp3) is 0.114. The first-order chi connectivity index (χ1) is 57.9. The van der Waals surface area contributed by atoms with Gasteiger partial charge >= 0.3 is 49.4 Å². The monoisotopic (exact) mass is 2300 g/mol. The summed E-state index contributed by atoms with van der Waals surface area (Å²) < 4.78 is 361. The van der Waals surface area contributed by atoms with Crippen molar-refractivity contribution in [2.24, 2.45) is 0 Å². The molecule has 0 aliphatic heterocycles. The second-order valence-electron chi connectivity index (χ2n) is 27.5. The van der Waals surface area contributed by atoms with E-state index in [0.717, 1.165) is 39.1 Å². The summed E-state index contributed by atoms with van der Waals surface area (Å²) in [5, 5.41) is 31.8. The molecular formula is C88H41F24Ir3N6O5-3. The van der Waals surface area contributed by atoms with E-state index in [1.807, 2.05) is 60.7 Å². The summed E-state index contributed by atoms with van der Waals surface area (Å²) in [6, 6.07) is 65.3. The van der Waals surface area contributed by atoms with Gasteiger partial charge in [0.2, 0.25) is 11.8 Å². The zero-order chi connectivity index (χ0) is 87.7. The van der Waals surface area contributed by atoms with Gasteiger partial charge in [-0.2, -0.15) is 126 Å². The minimum atomic E-state index is -6.58. The van der Waals surface area contributed by atoms with Crippen molar-refractivity contribution in [1.82, 2.24) is 30.6 Å². The van der Waals surface area contributed by atoms with Crippen molar-refractivity contribution in [3.63, 3.8) is 0 Å². The number of benzene rings is 12. The molecule has 0 aliphatic carbocycles. The summed E-state index contributed by atoms with van der Waals surface area (Å²) >= 11 is 0. The number of ether oxygens (including phenoxy) is 2. The first-order valence-electron chi connectivity index (χ1n) is 35.6. The quantitative estimate of drug-likeness (QED) is 0.0817. The van der Waals surface area contributed by atoms with E-state index in [4.69, 9.17) is 22.7 Å². The molecule has 0 saturated carbocycles. The Balaban J connectivity index is 0.000000162. The van der Waals surface area contributed by atoms with Gasteiger partial charge in [-0.1, -0.05) is 158 Å². The third-order valence-electron chi connectivity index (χ3n) is 19.7. The van der Waals surface area contributed by atoms with Crippen LogP contribution in [-0.4, -0.2) is 30.6 Å². The Bertz CT molecular complexity index is 7160. The van der Waals surface area contributed by atoms with E-state index in [-0.39, 0.29) is 112 Å². The summed E-state index contributed by atoms with van der Waals surface area (Å²) in [4.78, 5) is 0. The van der Waals surface area contributed by atoms with Crippen LogP contribution in [-0.2, 0) is 110 Å². The predicted octanol–water partition coefficient (Wildman–Crippen LogP) is 29.0. The molecule has 12 aromatic carbocycles. The fourth-order valence-electron chi connectivity index (χ4n) is 14.3. The molecule has 18 rings (SSSR count). The van der Waals surface area contributed by atoms with Crippen LogP contribution >= 0.6 is 0 Å². The van der Waals surface area contributed by atoms with Crippen LogP contribution in [0.25, 0.3) is 143 Å². The molecule has 0 atom stereocenters. The van der Waals surface area contributed by atoms with Crippen LogP contribution in [0.5, 0.6) is 23.3 Å². The molecule has 0 saturated heterocycles. The largest absolute Gasteiger partial charge is 0.518 e. The zero-order valence-corrected chi connectivity index (χ0v) is 69.7. The van der Waals surface area contributed by atoms with Crippen LogP contribution in [0.1, 0.15) is 55.6 Å². The van der Waals surface area contributed by atoms with Gasteiger partial charge < -0.3 is 22.7 Å². The van der Waals surface area contributed by atoms with E-state index in [2.05, 4.69) is 48.8 Å². The minimum Gasteiger partial charge on any atom is -0.518 e. The molecule has 18 aromatic rings. The SMILES string of the molecule is Cc1c(Oc2nnc(-c3[c-]c4ccccc4o3)c3cc4ccccc4cc23)c(C(F)(F)F)c(C(F)(F)F)c(C(F)(F)F)c1C(F)(F)F.Cc1c(Oc2nnc(-c3[c-]c4ccccc4o3)c3cc4ccccc4cc23)c(C(F)(F)F)cc(C(F)(F)F)c1C(F)(F)F.FC(F)(F)c1ccc(-c2nnc(-c3[c-]c4ccccc4o3)c3cc4ccccc4cc23)cc1.[Ir].[Ir].[Ir].